The second kappa shape index (κ2) is 9.44. The number of hydrogen-bond acceptors (Lipinski definition) is 6. The predicted molar refractivity (Wildman–Crippen MR) is 147 cm³/mol. The van der Waals surface area contributed by atoms with Gasteiger partial charge in [-0.25, -0.2) is 4.98 Å². The van der Waals surface area contributed by atoms with Gasteiger partial charge in [0.05, 0.1) is 28.2 Å². The van der Waals surface area contributed by atoms with Crippen LogP contribution in [0.2, 0.25) is 0 Å². The molecule has 10 heteroatoms. The van der Waals surface area contributed by atoms with E-state index in [0.717, 1.165) is 53.4 Å². The Morgan fingerprint density at radius 1 is 1.05 bits per heavy atom. The van der Waals surface area contributed by atoms with Gasteiger partial charge in [0.2, 0.25) is 0 Å². The summed E-state index contributed by atoms with van der Waals surface area (Å²) in [6.07, 6.45) is 4.86. The minimum absolute atomic E-state index is 0.0213. The first-order valence-electron chi connectivity index (χ1n) is 13.1. The minimum Gasteiger partial charge on any atom is -0.384 e. The summed E-state index contributed by atoms with van der Waals surface area (Å²) >= 11 is 0. The molecule has 0 atom stereocenters. The molecule has 2 aromatic carbocycles. The fourth-order valence-corrected chi connectivity index (χ4v) is 5.85. The van der Waals surface area contributed by atoms with Gasteiger partial charge >= 0.3 is 11.4 Å². The van der Waals surface area contributed by atoms with Crippen LogP contribution in [0.4, 0.5) is 11.6 Å². The van der Waals surface area contributed by atoms with E-state index in [0.29, 0.717) is 23.8 Å². The van der Waals surface area contributed by atoms with Gasteiger partial charge in [-0.05, 0) is 42.4 Å². The molecule has 1 fully saturated rings. The van der Waals surface area contributed by atoms with E-state index < -0.39 is 4.92 Å². The quantitative estimate of drug-likeness (QED) is 0.244. The molecule has 3 aromatic heterocycles. The van der Waals surface area contributed by atoms with E-state index in [4.69, 9.17) is 10.7 Å². The highest BCUT2D eigenvalue weighted by atomic mass is 16.6. The molecule has 10 nitrogen and oxygen atoms in total. The Kier molecular flexibility index (Phi) is 5.94. The van der Waals surface area contributed by atoms with E-state index in [-0.39, 0.29) is 34.9 Å². The summed E-state index contributed by atoms with van der Waals surface area (Å²) in [7, 11) is 0. The Bertz CT molecular complexity index is 1730. The third-order valence-electron chi connectivity index (χ3n) is 7.59. The van der Waals surface area contributed by atoms with Gasteiger partial charge in [0.15, 0.2) is 0 Å². The van der Waals surface area contributed by atoms with Crippen molar-refractivity contribution in [2.75, 3.05) is 5.73 Å². The van der Waals surface area contributed by atoms with Gasteiger partial charge in [-0.2, -0.15) is 0 Å². The molecule has 1 aliphatic carbocycles. The van der Waals surface area contributed by atoms with Crippen LogP contribution in [-0.2, 0) is 13.1 Å². The monoisotopic (exact) mass is 511 g/mol. The highest BCUT2D eigenvalue weighted by Gasteiger charge is 2.35. The standard InChI is InChI=1S/C28H29N7O3/c1-2-33-28(36)24-22(27(31-33)35(37)38)23(25(29)34(24)19-13-7-4-8-14-19)26-30-20-15-9-10-16-21(20)32(26)17-18-11-5-3-6-12-18/h3,5-6,9-12,15-16,19H,2,4,7-8,13-14,17,29H2,1H3. The van der Waals surface area contributed by atoms with E-state index in [9.17, 15) is 14.9 Å². The van der Waals surface area contributed by atoms with E-state index in [1.54, 1.807) is 6.92 Å². The van der Waals surface area contributed by atoms with Crippen LogP contribution in [0.3, 0.4) is 0 Å². The van der Waals surface area contributed by atoms with Crippen molar-refractivity contribution in [1.82, 2.24) is 23.9 Å². The molecular weight excluding hydrogens is 482 g/mol. The maximum atomic E-state index is 13.7. The van der Waals surface area contributed by atoms with Crippen LogP contribution in [0, 0.1) is 10.1 Å². The normalized spacial score (nSPS) is 14.4. The van der Waals surface area contributed by atoms with Crippen LogP contribution in [0.15, 0.2) is 59.4 Å². The van der Waals surface area contributed by atoms with Crippen LogP contribution >= 0.6 is 0 Å². The Hall–Kier alpha value is -4.47. The average Bonchev–Trinajstić information content (AvgIpc) is 3.44. The highest BCUT2D eigenvalue weighted by molar-refractivity contribution is 6.06. The number of nitrogen functional groups attached to an aromatic ring is 1. The molecule has 0 saturated heterocycles. The third-order valence-corrected chi connectivity index (χ3v) is 7.59. The molecule has 38 heavy (non-hydrogen) atoms. The number of para-hydroxylation sites is 2. The average molecular weight is 512 g/mol. The molecule has 0 unspecified atom stereocenters. The smallest absolute Gasteiger partial charge is 0.384 e. The van der Waals surface area contributed by atoms with Crippen LogP contribution in [0.1, 0.15) is 50.6 Å². The second-order valence-corrected chi connectivity index (χ2v) is 9.84. The van der Waals surface area contributed by atoms with Crippen LogP contribution in [-0.4, -0.2) is 28.8 Å². The lowest BCUT2D eigenvalue weighted by molar-refractivity contribution is -0.388. The van der Waals surface area contributed by atoms with Crippen molar-refractivity contribution < 1.29 is 4.92 Å². The number of hydrogen-bond donors (Lipinski definition) is 1. The van der Waals surface area contributed by atoms with Gasteiger partial charge in [0.25, 0.3) is 0 Å². The highest BCUT2D eigenvalue weighted by Crippen LogP contribution is 2.44. The number of nitrogens with zero attached hydrogens (tertiary/aromatic N) is 6. The Labute approximate surface area is 218 Å². The number of aryl methyl sites for hydroxylation is 1. The van der Waals surface area contributed by atoms with Crippen molar-refractivity contribution in [3.8, 4) is 11.4 Å². The SMILES string of the molecule is CCn1nc([N+](=O)[O-])c2c(-c3nc4ccccc4n3Cc3ccccc3)c(N)n(C3CCCCC3)c2c1=O. The largest absolute Gasteiger partial charge is 0.398 e. The summed E-state index contributed by atoms with van der Waals surface area (Å²) in [5.41, 5.74) is 9.84. The molecule has 6 rings (SSSR count). The van der Waals surface area contributed by atoms with Gasteiger partial charge in [0, 0.05) is 12.6 Å². The Balaban J connectivity index is 1.73. The molecule has 0 radical (unpaired) electrons. The van der Waals surface area contributed by atoms with Crippen molar-refractivity contribution in [3.05, 3.63) is 80.6 Å². The molecule has 0 bridgehead atoms. The molecule has 5 aromatic rings. The molecule has 0 spiro atoms. The summed E-state index contributed by atoms with van der Waals surface area (Å²) in [6, 6.07) is 17.7. The third kappa shape index (κ3) is 3.75. The molecule has 194 valence electrons. The van der Waals surface area contributed by atoms with Crippen LogP contribution < -0.4 is 11.3 Å². The summed E-state index contributed by atoms with van der Waals surface area (Å²) in [5, 5.41) is 16.7. The van der Waals surface area contributed by atoms with Crippen molar-refractivity contribution in [2.45, 2.75) is 58.2 Å². The Morgan fingerprint density at radius 3 is 2.47 bits per heavy atom. The lowest BCUT2D eigenvalue weighted by atomic mass is 9.95. The molecule has 1 saturated carbocycles. The summed E-state index contributed by atoms with van der Waals surface area (Å²) in [6.45, 7) is 2.45. The first-order chi connectivity index (χ1) is 18.5. The van der Waals surface area contributed by atoms with E-state index in [1.165, 1.54) is 0 Å². The first kappa shape index (κ1) is 23.9. The van der Waals surface area contributed by atoms with E-state index in [2.05, 4.69) is 5.10 Å². The second-order valence-electron chi connectivity index (χ2n) is 9.84. The lowest BCUT2D eigenvalue weighted by Gasteiger charge is -2.25. The maximum absolute atomic E-state index is 13.7. The maximum Gasteiger partial charge on any atom is 0.398 e. The summed E-state index contributed by atoms with van der Waals surface area (Å²) < 4.78 is 5.03. The zero-order chi connectivity index (χ0) is 26.4. The number of rotatable bonds is 6. The van der Waals surface area contributed by atoms with Crippen molar-refractivity contribution in [2.24, 2.45) is 0 Å². The number of nitro groups is 1. The van der Waals surface area contributed by atoms with Gasteiger partial charge in [-0.15, -0.1) is 4.68 Å². The fourth-order valence-electron chi connectivity index (χ4n) is 5.85. The number of benzene rings is 2. The van der Waals surface area contributed by atoms with Crippen molar-refractivity contribution >= 4 is 33.6 Å². The number of fused-ring (bicyclic) bond motifs is 2. The molecule has 1 aliphatic rings. The van der Waals surface area contributed by atoms with Crippen LogP contribution in [0.5, 0.6) is 0 Å². The Morgan fingerprint density at radius 2 is 1.76 bits per heavy atom. The van der Waals surface area contributed by atoms with Gasteiger partial charge < -0.3 is 25.0 Å². The van der Waals surface area contributed by atoms with Crippen molar-refractivity contribution in [1.29, 1.82) is 0 Å². The lowest BCUT2D eigenvalue weighted by Crippen LogP contribution is -2.26. The van der Waals surface area contributed by atoms with Gasteiger partial charge in [-0.1, -0.05) is 61.7 Å². The molecule has 0 aliphatic heterocycles. The number of aromatic nitrogens is 5. The molecule has 0 amide bonds. The number of imidazole rings is 1. The molecule has 3 heterocycles. The van der Waals surface area contributed by atoms with E-state index in [1.807, 2.05) is 63.7 Å². The number of nitrogens with two attached hydrogens (primary N) is 1. The summed E-state index contributed by atoms with van der Waals surface area (Å²) in [4.78, 5) is 30.5. The first-order valence-corrected chi connectivity index (χ1v) is 13.1. The van der Waals surface area contributed by atoms with Crippen molar-refractivity contribution in [3.63, 3.8) is 0 Å². The van der Waals surface area contributed by atoms with Gasteiger partial charge in [0.1, 0.15) is 22.5 Å². The summed E-state index contributed by atoms with van der Waals surface area (Å²) in [5.74, 6) is 0.439. The van der Waals surface area contributed by atoms with Gasteiger partial charge in [-0.3, -0.25) is 4.79 Å². The minimum atomic E-state index is -0.522. The van der Waals surface area contributed by atoms with E-state index >= 15 is 0 Å². The number of anilines is 1. The fraction of sp³-hybridized carbons (Fsp3) is 0.321. The molecule has 2 N–H and O–H groups in total. The predicted octanol–water partition coefficient (Wildman–Crippen LogP) is 5.28. The molecular formula is C28H29N7O3. The zero-order valence-corrected chi connectivity index (χ0v) is 21.2. The van der Waals surface area contributed by atoms with Crippen LogP contribution in [0.25, 0.3) is 33.3 Å². The topological polar surface area (TPSA) is 127 Å². The zero-order valence-electron chi connectivity index (χ0n) is 21.2.